The highest BCUT2D eigenvalue weighted by Gasteiger charge is 2.26. The molecule has 0 aliphatic carbocycles. The van der Waals surface area contributed by atoms with Crippen LogP contribution in [0.1, 0.15) is 11.3 Å². The molecule has 0 saturated carbocycles. The minimum atomic E-state index is -4.22. The molecule has 4 nitrogen and oxygen atoms in total. The summed E-state index contributed by atoms with van der Waals surface area (Å²) in [6.07, 6.45) is -2.73. The summed E-state index contributed by atoms with van der Waals surface area (Å²) in [5, 5.41) is 8.85. The van der Waals surface area contributed by atoms with Crippen LogP contribution in [0.2, 0.25) is 0 Å². The Balaban J connectivity index is 2.04. The number of furan rings is 1. The van der Waals surface area contributed by atoms with E-state index in [0.717, 1.165) is 5.76 Å². The lowest BCUT2D eigenvalue weighted by atomic mass is 10.2. The number of aromatic amines is 1. The average molecular weight is 259 g/mol. The third-order valence-electron chi connectivity index (χ3n) is 2.35. The summed E-state index contributed by atoms with van der Waals surface area (Å²) < 4.78 is 41.4. The molecule has 0 radical (unpaired) electrons. The Labute approximate surface area is 101 Å². The van der Waals surface area contributed by atoms with Gasteiger partial charge in [-0.3, -0.25) is 5.10 Å². The quantitative estimate of drug-likeness (QED) is 0.887. The van der Waals surface area contributed by atoms with Crippen LogP contribution >= 0.6 is 0 Å². The Hall–Kier alpha value is -1.76. The molecule has 98 valence electrons. The Morgan fingerprint density at radius 1 is 1.39 bits per heavy atom. The van der Waals surface area contributed by atoms with Gasteiger partial charge in [0.1, 0.15) is 11.5 Å². The maximum Gasteiger partial charge on any atom is 0.401 e. The van der Waals surface area contributed by atoms with Crippen LogP contribution in [0.4, 0.5) is 13.2 Å². The first kappa shape index (κ1) is 12.7. The van der Waals surface area contributed by atoms with E-state index in [9.17, 15) is 13.2 Å². The third kappa shape index (κ3) is 3.13. The van der Waals surface area contributed by atoms with E-state index < -0.39 is 12.7 Å². The van der Waals surface area contributed by atoms with Crippen LogP contribution in [-0.2, 0) is 6.54 Å². The highest BCUT2D eigenvalue weighted by molar-refractivity contribution is 5.56. The maximum absolute atomic E-state index is 12.0. The summed E-state index contributed by atoms with van der Waals surface area (Å²) in [7, 11) is 0. The number of aromatic nitrogens is 2. The Morgan fingerprint density at radius 3 is 2.78 bits per heavy atom. The van der Waals surface area contributed by atoms with E-state index >= 15 is 0 Å². The van der Waals surface area contributed by atoms with Crippen molar-refractivity contribution in [2.45, 2.75) is 19.6 Å². The first-order valence-corrected chi connectivity index (χ1v) is 5.32. The van der Waals surface area contributed by atoms with E-state index in [0.29, 0.717) is 17.0 Å². The van der Waals surface area contributed by atoms with Gasteiger partial charge in [0.25, 0.3) is 0 Å². The Morgan fingerprint density at radius 2 is 2.17 bits per heavy atom. The number of halogens is 3. The lowest BCUT2D eigenvalue weighted by Gasteiger charge is -2.07. The zero-order valence-electron chi connectivity index (χ0n) is 9.64. The minimum Gasteiger partial charge on any atom is -0.460 e. The molecule has 2 aromatic rings. The van der Waals surface area contributed by atoms with Crippen molar-refractivity contribution in [1.29, 1.82) is 0 Å². The highest BCUT2D eigenvalue weighted by Crippen LogP contribution is 2.23. The number of hydrogen-bond acceptors (Lipinski definition) is 3. The van der Waals surface area contributed by atoms with Gasteiger partial charge in [-0.05, 0) is 19.1 Å². The van der Waals surface area contributed by atoms with Crippen molar-refractivity contribution in [2.24, 2.45) is 0 Å². The molecule has 0 aliphatic heterocycles. The SMILES string of the molecule is Cc1ccc(-c2[nH]ncc2CNCC(F)(F)F)o1. The van der Waals surface area contributed by atoms with E-state index in [1.165, 1.54) is 6.20 Å². The standard InChI is InChI=1S/C11H12F3N3O/c1-7-2-3-9(18-7)10-8(5-16-17-10)4-15-6-11(12,13)14/h2-3,5,15H,4,6H2,1H3,(H,16,17). The maximum atomic E-state index is 12.0. The van der Waals surface area contributed by atoms with Crippen LogP contribution in [-0.4, -0.2) is 22.9 Å². The van der Waals surface area contributed by atoms with Gasteiger partial charge in [-0.25, -0.2) is 0 Å². The zero-order valence-corrected chi connectivity index (χ0v) is 9.64. The fraction of sp³-hybridized carbons (Fsp3) is 0.364. The van der Waals surface area contributed by atoms with E-state index in [4.69, 9.17) is 4.42 Å². The van der Waals surface area contributed by atoms with Crippen LogP contribution in [0.25, 0.3) is 11.5 Å². The fourth-order valence-corrected chi connectivity index (χ4v) is 1.57. The molecule has 0 aliphatic rings. The van der Waals surface area contributed by atoms with Gasteiger partial charge in [-0.15, -0.1) is 0 Å². The molecular weight excluding hydrogens is 247 g/mol. The third-order valence-corrected chi connectivity index (χ3v) is 2.35. The molecule has 0 aromatic carbocycles. The molecule has 0 spiro atoms. The van der Waals surface area contributed by atoms with Gasteiger partial charge < -0.3 is 9.73 Å². The van der Waals surface area contributed by atoms with Crippen LogP contribution < -0.4 is 5.32 Å². The molecule has 2 rings (SSSR count). The fourth-order valence-electron chi connectivity index (χ4n) is 1.57. The molecule has 0 unspecified atom stereocenters. The number of alkyl halides is 3. The van der Waals surface area contributed by atoms with Crippen molar-refractivity contribution in [3.05, 3.63) is 29.7 Å². The van der Waals surface area contributed by atoms with Crippen LogP contribution in [0.15, 0.2) is 22.7 Å². The second-order valence-corrected chi connectivity index (χ2v) is 3.90. The summed E-state index contributed by atoms with van der Waals surface area (Å²) in [5.74, 6) is 1.29. The molecular formula is C11H12F3N3O. The smallest absolute Gasteiger partial charge is 0.401 e. The van der Waals surface area contributed by atoms with Gasteiger partial charge in [0.05, 0.1) is 12.7 Å². The Bertz CT molecular complexity index is 516. The van der Waals surface area contributed by atoms with Crippen LogP contribution in [0, 0.1) is 6.92 Å². The largest absolute Gasteiger partial charge is 0.460 e. The summed E-state index contributed by atoms with van der Waals surface area (Å²) in [6.45, 7) is 0.835. The van der Waals surface area contributed by atoms with Crippen molar-refractivity contribution in [3.63, 3.8) is 0 Å². The van der Waals surface area contributed by atoms with E-state index in [1.54, 1.807) is 19.1 Å². The molecule has 2 N–H and O–H groups in total. The molecule has 0 bridgehead atoms. The Kier molecular flexibility index (Phi) is 3.42. The number of nitrogens with one attached hydrogen (secondary N) is 2. The van der Waals surface area contributed by atoms with Crippen LogP contribution in [0.5, 0.6) is 0 Å². The van der Waals surface area contributed by atoms with Gasteiger partial charge in [0, 0.05) is 12.1 Å². The molecule has 18 heavy (non-hydrogen) atoms. The topological polar surface area (TPSA) is 53.9 Å². The average Bonchev–Trinajstić information content (AvgIpc) is 2.84. The van der Waals surface area contributed by atoms with Gasteiger partial charge in [-0.1, -0.05) is 0 Å². The van der Waals surface area contributed by atoms with Gasteiger partial charge in [0.15, 0.2) is 5.76 Å². The lowest BCUT2D eigenvalue weighted by Crippen LogP contribution is -2.28. The van der Waals surface area contributed by atoms with Crippen LogP contribution in [0.3, 0.4) is 0 Å². The number of nitrogens with zero attached hydrogens (tertiary/aromatic N) is 1. The van der Waals surface area contributed by atoms with Gasteiger partial charge in [0.2, 0.25) is 0 Å². The number of rotatable bonds is 4. The second-order valence-electron chi connectivity index (χ2n) is 3.90. The number of aryl methyl sites for hydroxylation is 1. The molecule has 0 fully saturated rings. The van der Waals surface area contributed by atoms with Crippen molar-refractivity contribution >= 4 is 0 Å². The number of H-pyrrole nitrogens is 1. The van der Waals surface area contributed by atoms with E-state index in [1.807, 2.05) is 0 Å². The zero-order chi connectivity index (χ0) is 13.2. The first-order valence-electron chi connectivity index (χ1n) is 5.32. The molecule has 2 heterocycles. The van der Waals surface area contributed by atoms with Crippen molar-refractivity contribution in [1.82, 2.24) is 15.5 Å². The van der Waals surface area contributed by atoms with Crippen molar-refractivity contribution in [3.8, 4) is 11.5 Å². The molecule has 0 amide bonds. The number of hydrogen-bond donors (Lipinski definition) is 2. The van der Waals surface area contributed by atoms with Gasteiger partial charge in [-0.2, -0.15) is 18.3 Å². The normalized spacial score (nSPS) is 12.0. The predicted molar refractivity (Wildman–Crippen MR) is 58.8 cm³/mol. The second kappa shape index (κ2) is 4.85. The van der Waals surface area contributed by atoms with Crippen molar-refractivity contribution in [2.75, 3.05) is 6.54 Å². The minimum absolute atomic E-state index is 0.0745. The van der Waals surface area contributed by atoms with Crippen molar-refractivity contribution < 1.29 is 17.6 Å². The van der Waals surface area contributed by atoms with E-state index in [-0.39, 0.29) is 6.54 Å². The summed E-state index contributed by atoms with van der Waals surface area (Å²) in [4.78, 5) is 0. The molecule has 0 saturated heterocycles. The van der Waals surface area contributed by atoms with Gasteiger partial charge >= 0.3 is 6.18 Å². The lowest BCUT2D eigenvalue weighted by molar-refractivity contribution is -0.125. The molecule has 0 atom stereocenters. The summed E-state index contributed by atoms with van der Waals surface area (Å²) in [6, 6.07) is 3.53. The monoisotopic (exact) mass is 259 g/mol. The molecule has 7 heteroatoms. The summed E-state index contributed by atoms with van der Waals surface area (Å²) >= 11 is 0. The molecule has 2 aromatic heterocycles. The predicted octanol–water partition coefficient (Wildman–Crippen LogP) is 2.63. The first-order chi connectivity index (χ1) is 8.46. The highest BCUT2D eigenvalue weighted by atomic mass is 19.4. The van der Waals surface area contributed by atoms with E-state index in [2.05, 4.69) is 15.5 Å². The summed E-state index contributed by atoms with van der Waals surface area (Å²) in [5.41, 5.74) is 1.23.